The molecule has 0 amide bonds. The maximum Gasteiger partial charge on any atom is 0.328 e. The largest absolute Gasteiger partial charge is 0.478 e. The zero-order valence-corrected chi connectivity index (χ0v) is 17.5. The van der Waals surface area contributed by atoms with Crippen LogP contribution in [0.25, 0.3) is 0 Å². The molecule has 4 fully saturated rings. The Kier molecular flexibility index (Phi) is 5.80. The lowest BCUT2D eigenvalue weighted by molar-refractivity contribution is -0.146. The number of nitrogens with zero attached hydrogens (tertiary/aromatic N) is 1. The molecule has 0 aromatic heterocycles. The highest BCUT2D eigenvalue weighted by molar-refractivity contribution is 5.89. The zero-order valence-electron chi connectivity index (χ0n) is 17.5. The molecule has 2 aliphatic carbocycles. The number of hydrogen-bond acceptors (Lipinski definition) is 6. The predicted molar refractivity (Wildman–Crippen MR) is 103 cm³/mol. The molecule has 0 unspecified atom stereocenters. The van der Waals surface area contributed by atoms with E-state index in [2.05, 4.69) is 18.7 Å². The van der Waals surface area contributed by atoms with E-state index in [4.69, 9.17) is 19.7 Å². The minimum atomic E-state index is -1.26. The number of epoxide rings is 1. The van der Waals surface area contributed by atoms with Crippen LogP contribution >= 0.6 is 0 Å². The fraction of sp³-hybridized carbons (Fsp3) is 0.762. The van der Waals surface area contributed by atoms with Crippen molar-refractivity contribution in [3.63, 3.8) is 0 Å². The standard InChI is InChI=1S/C17H27NO3.C4H4O4/c1-10-6-5-7-16(2)8-12-13(14-17(10,16)21-14)11(9-18(3)4)15(19)20-12;5-3(6)1-2-4(7)8/h10-14H,5-9H2,1-4H3;1-2H,(H,5,6)(H,7,8)/b;2-1+/t10-,11-,12+,13+,14-,16+,17-;/m0./s1. The molecule has 0 radical (unpaired) electrons. The summed E-state index contributed by atoms with van der Waals surface area (Å²) in [5.41, 5.74) is 0.231. The zero-order chi connectivity index (χ0) is 21.6. The van der Waals surface area contributed by atoms with Crippen LogP contribution in [0.2, 0.25) is 0 Å². The Morgan fingerprint density at radius 1 is 1.24 bits per heavy atom. The molecule has 29 heavy (non-hydrogen) atoms. The number of rotatable bonds is 4. The molecule has 162 valence electrons. The van der Waals surface area contributed by atoms with Gasteiger partial charge in [-0.1, -0.05) is 20.3 Å². The van der Waals surface area contributed by atoms with Gasteiger partial charge >= 0.3 is 17.9 Å². The lowest BCUT2D eigenvalue weighted by atomic mass is 9.53. The molecule has 4 aliphatic rings. The third-order valence-electron chi connectivity index (χ3n) is 7.12. The van der Waals surface area contributed by atoms with E-state index in [-0.39, 0.29) is 41.0 Å². The second kappa shape index (κ2) is 7.72. The Bertz CT molecular complexity index is 704. The summed E-state index contributed by atoms with van der Waals surface area (Å²) >= 11 is 0. The molecule has 0 aromatic rings. The topological polar surface area (TPSA) is 117 Å². The van der Waals surface area contributed by atoms with Gasteiger partial charge in [0.2, 0.25) is 0 Å². The summed E-state index contributed by atoms with van der Waals surface area (Å²) in [6, 6.07) is 0. The van der Waals surface area contributed by atoms with Gasteiger partial charge in [-0.2, -0.15) is 0 Å². The fourth-order valence-electron chi connectivity index (χ4n) is 5.98. The summed E-state index contributed by atoms with van der Waals surface area (Å²) in [7, 11) is 4.06. The Morgan fingerprint density at radius 2 is 1.86 bits per heavy atom. The minimum absolute atomic E-state index is 0.000694. The highest BCUT2D eigenvalue weighted by Gasteiger charge is 2.78. The molecule has 8 nitrogen and oxygen atoms in total. The Labute approximate surface area is 170 Å². The van der Waals surface area contributed by atoms with Gasteiger partial charge in [0, 0.05) is 30.0 Å². The number of carboxylic acids is 2. The molecule has 1 spiro atoms. The van der Waals surface area contributed by atoms with E-state index in [1.807, 2.05) is 14.1 Å². The van der Waals surface area contributed by atoms with Gasteiger partial charge in [-0.3, -0.25) is 4.79 Å². The van der Waals surface area contributed by atoms with Crippen LogP contribution in [-0.4, -0.2) is 71.5 Å². The second-order valence-corrected chi connectivity index (χ2v) is 9.32. The highest BCUT2D eigenvalue weighted by Crippen LogP contribution is 2.70. The lowest BCUT2D eigenvalue weighted by Gasteiger charge is -2.48. The number of ether oxygens (including phenoxy) is 2. The van der Waals surface area contributed by atoms with E-state index >= 15 is 0 Å². The van der Waals surface area contributed by atoms with Crippen molar-refractivity contribution in [3.05, 3.63) is 12.2 Å². The van der Waals surface area contributed by atoms with Gasteiger partial charge in [-0.15, -0.1) is 0 Å². The highest BCUT2D eigenvalue weighted by atomic mass is 16.6. The molecule has 2 heterocycles. The number of aliphatic carboxylic acids is 2. The van der Waals surface area contributed by atoms with E-state index in [0.29, 0.717) is 18.1 Å². The van der Waals surface area contributed by atoms with Gasteiger partial charge in [-0.05, 0) is 39.3 Å². The van der Waals surface area contributed by atoms with Gasteiger partial charge in [-0.25, -0.2) is 9.59 Å². The first-order valence-corrected chi connectivity index (χ1v) is 10.2. The summed E-state index contributed by atoms with van der Waals surface area (Å²) in [6.07, 6.45) is 6.19. The van der Waals surface area contributed by atoms with Gasteiger partial charge in [0.05, 0.1) is 12.0 Å². The predicted octanol–water partition coefficient (Wildman–Crippen LogP) is 1.79. The Balaban J connectivity index is 0.000000258. The van der Waals surface area contributed by atoms with Crippen LogP contribution in [0.4, 0.5) is 0 Å². The summed E-state index contributed by atoms with van der Waals surface area (Å²) in [5, 5.41) is 15.6. The number of carbonyl (C=O) groups excluding carboxylic acids is 1. The summed E-state index contributed by atoms with van der Waals surface area (Å²) in [6.45, 7) is 5.49. The van der Waals surface area contributed by atoms with Gasteiger partial charge in [0.25, 0.3) is 0 Å². The smallest absolute Gasteiger partial charge is 0.328 e. The normalized spacial score (nSPS) is 42.2. The van der Waals surface area contributed by atoms with E-state index in [1.165, 1.54) is 19.3 Å². The van der Waals surface area contributed by atoms with Crippen LogP contribution in [0.5, 0.6) is 0 Å². The SMILES string of the molecule is C[C@H]1CCC[C@]2(C)C[C@H]3OC(=O)[C@@H](CN(C)C)[C@H]3[C@@H]3O[C@@]132.O=C(O)/C=C/C(=O)O. The van der Waals surface area contributed by atoms with Crippen LogP contribution in [0.15, 0.2) is 12.2 Å². The summed E-state index contributed by atoms with van der Waals surface area (Å²) < 4.78 is 12.2. The van der Waals surface area contributed by atoms with E-state index in [0.717, 1.165) is 13.0 Å². The minimum Gasteiger partial charge on any atom is -0.478 e. The van der Waals surface area contributed by atoms with Crippen molar-refractivity contribution in [2.45, 2.75) is 57.3 Å². The molecule has 0 aromatic carbocycles. The van der Waals surface area contributed by atoms with Gasteiger partial charge in [0.1, 0.15) is 11.7 Å². The van der Waals surface area contributed by atoms with Crippen molar-refractivity contribution < 1.29 is 34.1 Å². The fourth-order valence-corrected chi connectivity index (χ4v) is 5.98. The van der Waals surface area contributed by atoms with Crippen LogP contribution < -0.4 is 0 Å². The quantitative estimate of drug-likeness (QED) is 0.410. The van der Waals surface area contributed by atoms with Crippen LogP contribution in [-0.2, 0) is 23.9 Å². The van der Waals surface area contributed by atoms with Crippen molar-refractivity contribution in [1.29, 1.82) is 0 Å². The molecular formula is C21H31NO7. The van der Waals surface area contributed by atoms with Crippen molar-refractivity contribution in [2.75, 3.05) is 20.6 Å². The molecule has 2 saturated heterocycles. The molecule has 8 heteroatoms. The van der Waals surface area contributed by atoms with Crippen LogP contribution in [0.1, 0.15) is 39.5 Å². The third-order valence-corrected chi connectivity index (χ3v) is 7.12. The lowest BCUT2D eigenvalue weighted by Crippen LogP contribution is -2.54. The maximum absolute atomic E-state index is 12.3. The first-order chi connectivity index (χ1) is 13.5. The van der Waals surface area contributed by atoms with E-state index in [1.54, 1.807) is 0 Å². The number of esters is 1. The summed E-state index contributed by atoms with van der Waals surface area (Å²) in [5.74, 6) is -1.64. The van der Waals surface area contributed by atoms with Crippen molar-refractivity contribution in [2.24, 2.45) is 23.2 Å². The number of carbonyl (C=O) groups is 3. The average Bonchev–Trinajstić information content (AvgIpc) is 3.29. The molecular weight excluding hydrogens is 378 g/mol. The molecule has 0 bridgehead atoms. The van der Waals surface area contributed by atoms with Crippen molar-refractivity contribution in [3.8, 4) is 0 Å². The number of carboxylic acid groups (broad SMARTS) is 2. The Hall–Kier alpha value is -1.93. The first-order valence-electron chi connectivity index (χ1n) is 10.2. The van der Waals surface area contributed by atoms with Crippen LogP contribution in [0, 0.1) is 23.2 Å². The van der Waals surface area contributed by atoms with E-state index < -0.39 is 11.9 Å². The van der Waals surface area contributed by atoms with E-state index in [9.17, 15) is 14.4 Å². The van der Waals surface area contributed by atoms with Crippen molar-refractivity contribution >= 4 is 17.9 Å². The Morgan fingerprint density at radius 3 is 2.41 bits per heavy atom. The molecule has 4 rings (SSSR count). The monoisotopic (exact) mass is 409 g/mol. The molecule has 2 aliphatic heterocycles. The van der Waals surface area contributed by atoms with Crippen molar-refractivity contribution in [1.82, 2.24) is 4.90 Å². The molecule has 2 N–H and O–H groups in total. The number of fused-ring (bicyclic) bond motifs is 2. The van der Waals surface area contributed by atoms with Gasteiger partial charge < -0.3 is 24.6 Å². The van der Waals surface area contributed by atoms with Gasteiger partial charge in [0.15, 0.2) is 0 Å². The van der Waals surface area contributed by atoms with Crippen LogP contribution in [0.3, 0.4) is 0 Å². The molecule has 2 saturated carbocycles. The molecule has 7 atom stereocenters. The first kappa shape index (κ1) is 21.8. The second-order valence-electron chi connectivity index (χ2n) is 9.32. The summed E-state index contributed by atoms with van der Waals surface area (Å²) in [4.78, 5) is 33.5. The maximum atomic E-state index is 12.3. The third kappa shape index (κ3) is 3.80. The number of hydrogen-bond donors (Lipinski definition) is 2. The average molecular weight is 409 g/mol.